The largest absolute Gasteiger partial charge is 0.481 e. The Balaban J connectivity index is 1.79. The lowest BCUT2D eigenvalue weighted by atomic mass is 10.1. The van der Waals surface area contributed by atoms with E-state index in [-0.39, 0.29) is 24.6 Å². The number of amides is 1. The number of nitrogens with zero attached hydrogens (tertiary/aromatic N) is 3. The third kappa shape index (κ3) is 5.13. The predicted octanol–water partition coefficient (Wildman–Crippen LogP) is 3.65. The van der Waals surface area contributed by atoms with Crippen LogP contribution < -0.4 is 4.90 Å². The number of carboxylic acids is 1. The number of thiocarbonyl (C=S) groups is 1. The fourth-order valence-electron chi connectivity index (χ4n) is 3.41. The zero-order valence-electron chi connectivity index (χ0n) is 15.7. The molecule has 1 amide bonds. The maximum absolute atomic E-state index is 12.6. The number of thioether (sulfide) groups is 1. The summed E-state index contributed by atoms with van der Waals surface area (Å²) >= 11 is 6.35. The van der Waals surface area contributed by atoms with Gasteiger partial charge in [0.1, 0.15) is 10.0 Å². The van der Waals surface area contributed by atoms with Gasteiger partial charge in [-0.3, -0.25) is 24.6 Å². The third-order valence-electron chi connectivity index (χ3n) is 4.84. The molecule has 0 bridgehead atoms. The molecule has 0 unspecified atom stereocenters. The number of carbonyl (C=O) groups excluding carboxylic acids is 1. The molecule has 10 heteroatoms. The van der Waals surface area contributed by atoms with Crippen molar-refractivity contribution in [3.05, 3.63) is 38.8 Å². The molecule has 0 radical (unpaired) electrons. The number of aliphatic carboxylic acids is 1. The van der Waals surface area contributed by atoms with E-state index in [9.17, 15) is 19.7 Å². The highest BCUT2D eigenvalue weighted by molar-refractivity contribution is 8.26. The standard InChI is InChI=1S/C19H21N3O5S2/c23-17(24)5-4-10-21-18(25)16(29-19(21)28)12-13-6-7-14(15(11-13)22(26)27)20-8-2-1-3-9-20/h6-7,11-12H,1-5,8-10H2,(H,23,24)/b16-12-. The molecule has 154 valence electrons. The summed E-state index contributed by atoms with van der Waals surface area (Å²) in [7, 11) is 0. The second-order valence-corrected chi connectivity index (χ2v) is 8.56. The van der Waals surface area contributed by atoms with E-state index in [0.717, 1.165) is 44.1 Å². The minimum Gasteiger partial charge on any atom is -0.481 e. The number of hydrogen-bond acceptors (Lipinski definition) is 7. The SMILES string of the molecule is O=C(O)CCCN1C(=O)/C(=C/c2ccc(N3CCCCC3)c([N+](=O)[O-])c2)SC1=S. The van der Waals surface area contributed by atoms with E-state index in [4.69, 9.17) is 17.3 Å². The molecule has 0 aromatic heterocycles. The highest BCUT2D eigenvalue weighted by Crippen LogP contribution is 2.35. The van der Waals surface area contributed by atoms with Crippen molar-refractivity contribution in [3.8, 4) is 0 Å². The molecule has 29 heavy (non-hydrogen) atoms. The Morgan fingerprint density at radius 3 is 2.69 bits per heavy atom. The quantitative estimate of drug-likeness (QED) is 0.300. The molecule has 8 nitrogen and oxygen atoms in total. The van der Waals surface area contributed by atoms with Crippen molar-refractivity contribution in [2.45, 2.75) is 32.1 Å². The lowest BCUT2D eigenvalue weighted by Gasteiger charge is -2.28. The second kappa shape index (κ2) is 9.36. The van der Waals surface area contributed by atoms with E-state index in [1.54, 1.807) is 18.2 Å². The first kappa shape index (κ1) is 21.3. The van der Waals surface area contributed by atoms with Crippen molar-refractivity contribution in [2.24, 2.45) is 0 Å². The van der Waals surface area contributed by atoms with Crippen molar-refractivity contribution in [1.29, 1.82) is 0 Å². The van der Waals surface area contributed by atoms with Crippen molar-refractivity contribution >= 4 is 57.6 Å². The van der Waals surface area contributed by atoms with Crippen LogP contribution in [0.25, 0.3) is 6.08 Å². The van der Waals surface area contributed by atoms with Gasteiger partial charge in [-0.2, -0.15) is 0 Å². The van der Waals surface area contributed by atoms with Gasteiger partial charge in [0.05, 0.1) is 9.83 Å². The summed E-state index contributed by atoms with van der Waals surface area (Å²) < 4.78 is 0.367. The lowest BCUT2D eigenvalue weighted by molar-refractivity contribution is -0.384. The fraction of sp³-hybridized carbons (Fsp3) is 0.421. The van der Waals surface area contributed by atoms with Crippen molar-refractivity contribution in [1.82, 2.24) is 4.90 Å². The fourth-order valence-corrected chi connectivity index (χ4v) is 4.72. The Kier molecular flexibility index (Phi) is 6.86. The molecule has 2 heterocycles. The average Bonchev–Trinajstić information content (AvgIpc) is 2.95. The minimum atomic E-state index is -0.924. The molecule has 0 atom stereocenters. The van der Waals surface area contributed by atoms with Crippen LogP contribution in [-0.4, -0.2) is 50.8 Å². The number of nitro groups is 1. The maximum Gasteiger partial charge on any atom is 0.303 e. The molecular formula is C19H21N3O5S2. The van der Waals surface area contributed by atoms with Gasteiger partial charge in [-0.25, -0.2) is 0 Å². The summed E-state index contributed by atoms with van der Waals surface area (Å²) in [6.07, 6.45) is 5.04. The van der Waals surface area contributed by atoms with Crippen LogP contribution in [0.5, 0.6) is 0 Å². The van der Waals surface area contributed by atoms with E-state index < -0.39 is 10.9 Å². The summed E-state index contributed by atoms with van der Waals surface area (Å²) in [4.78, 5) is 38.3. The number of nitro benzene ring substituents is 1. The van der Waals surface area contributed by atoms with Crippen LogP contribution in [0.15, 0.2) is 23.1 Å². The molecule has 2 fully saturated rings. The lowest BCUT2D eigenvalue weighted by Crippen LogP contribution is -2.30. The van der Waals surface area contributed by atoms with Gasteiger partial charge in [0.15, 0.2) is 0 Å². The topological polar surface area (TPSA) is 104 Å². The molecule has 1 aromatic carbocycles. The number of benzene rings is 1. The normalized spacial score (nSPS) is 18.6. The minimum absolute atomic E-state index is 0.0255. The van der Waals surface area contributed by atoms with E-state index >= 15 is 0 Å². The van der Waals surface area contributed by atoms with E-state index in [1.165, 1.54) is 11.0 Å². The van der Waals surface area contributed by atoms with Crippen LogP contribution in [0.1, 0.15) is 37.7 Å². The van der Waals surface area contributed by atoms with Gasteiger partial charge in [0, 0.05) is 32.1 Å². The number of carbonyl (C=O) groups is 2. The first-order chi connectivity index (χ1) is 13.9. The molecule has 3 rings (SSSR count). The van der Waals surface area contributed by atoms with Crippen molar-refractivity contribution in [3.63, 3.8) is 0 Å². The molecule has 0 saturated carbocycles. The third-order valence-corrected chi connectivity index (χ3v) is 6.21. The van der Waals surface area contributed by atoms with E-state index in [2.05, 4.69) is 0 Å². The summed E-state index contributed by atoms with van der Waals surface area (Å²) in [5.41, 5.74) is 1.19. The molecule has 0 aliphatic carbocycles. The van der Waals surface area contributed by atoms with Crippen LogP contribution in [0.3, 0.4) is 0 Å². The zero-order chi connectivity index (χ0) is 21.0. The first-order valence-electron chi connectivity index (χ1n) is 9.37. The van der Waals surface area contributed by atoms with Crippen LogP contribution in [0, 0.1) is 10.1 Å². The molecule has 0 spiro atoms. The van der Waals surface area contributed by atoms with Gasteiger partial charge in [-0.05, 0) is 43.4 Å². The molecular weight excluding hydrogens is 414 g/mol. The van der Waals surface area contributed by atoms with Crippen molar-refractivity contribution in [2.75, 3.05) is 24.5 Å². The number of rotatable bonds is 7. The summed E-state index contributed by atoms with van der Waals surface area (Å²) in [6, 6.07) is 5.00. The van der Waals surface area contributed by atoms with Gasteiger partial charge in [-0.15, -0.1) is 0 Å². The Morgan fingerprint density at radius 2 is 2.03 bits per heavy atom. The average molecular weight is 436 g/mol. The van der Waals surface area contributed by atoms with Gasteiger partial charge in [-0.1, -0.05) is 30.0 Å². The summed E-state index contributed by atoms with van der Waals surface area (Å²) in [5, 5.41) is 20.3. The molecule has 2 aliphatic heterocycles. The van der Waals surface area contributed by atoms with Gasteiger partial charge >= 0.3 is 5.97 Å². The predicted molar refractivity (Wildman–Crippen MR) is 116 cm³/mol. The number of anilines is 1. The number of hydrogen-bond donors (Lipinski definition) is 1. The molecule has 1 N–H and O–H groups in total. The summed E-state index contributed by atoms with van der Waals surface area (Å²) in [6.45, 7) is 1.84. The number of piperidine rings is 1. The molecule has 2 saturated heterocycles. The van der Waals surface area contributed by atoms with Crippen LogP contribution in [0.2, 0.25) is 0 Å². The zero-order valence-corrected chi connectivity index (χ0v) is 17.3. The molecule has 2 aliphatic rings. The number of carboxylic acid groups (broad SMARTS) is 1. The monoisotopic (exact) mass is 435 g/mol. The highest BCUT2D eigenvalue weighted by atomic mass is 32.2. The Bertz CT molecular complexity index is 881. The first-order valence-corrected chi connectivity index (χ1v) is 10.6. The van der Waals surface area contributed by atoms with Gasteiger partial charge in [0.2, 0.25) is 0 Å². The second-order valence-electron chi connectivity index (χ2n) is 6.88. The highest BCUT2D eigenvalue weighted by Gasteiger charge is 2.32. The van der Waals surface area contributed by atoms with Crippen LogP contribution in [0.4, 0.5) is 11.4 Å². The van der Waals surface area contributed by atoms with E-state index in [0.29, 0.717) is 26.9 Å². The van der Waals surface area contributed by atoms with Gasteiger partial charge < -0.3 is 10.0 Å². The Labute approximate surface area is 177 Å². The van der Waals surface area contributed by atoms with Crippen LogP contribution in [-0.2, 0) is 9.59 Å². The smallest absolute Gasteiger partial charge is 0.303 e. The van der Waals surface area contributed by atoms with E-state index in [1.807, 2.05) is 4.90 Å². The Morgan fingerprint density at radius 1 is 1.31 bits per heavy atom. The van der Waals surface area contributed by atoms with Crippen molar-refractivity contribution < 1.29 is 19.6 Å². The summed E-state index contributed by atoms with van der Waals surface area (Å²) in [5.74, 6) is -1.22. The van der Waals surface area contributed by atoms with Crippen LogP contribution >= 0.6 is 24.0 Å². The maximum atomic E-state index is 12.6. The Hall–Kier alpha value is -2.46. The van der Waals surface area contributed by atoms with Gasteiger partial charge in [0.25, 0.3) is 11.6 Å². The molecule has 1 aromatic rings.